The molecule has 25 heavy (non-hydrogen) atoms. The van der Waals surface area contributed by atoms with Crippen LogP contribution in [0.25, 0.3) is 0 Å². The van der Waals surface area contributed by atoms with Crippen LogP contribution in [0.15, 0.2) is 36.7 Å². The summed E-state index contributed by atoms with van der Waals surface area (Å²) in [5, 5.41) is 2.67. The number of ether oxygens (including phenoxy) is 2. The zero-order valence-corrected chi connectivity index (χ0v) is 13.8. The van der Waals surface area contributed by atoms with Crippen molar-refractivity contribution < 1.29 is 18.7 Å². The number of aromatic nitrogens is 2. The predicted molar refractivity (Wildman–Crippen MR) is 90.2 cm³/mol. The van der Waals surface area contributed by atoms with E-state index in [2.05, 4.69) is 20.2 Å². The van der Waals surface area contributed by atoms with Gasteiger partial charge in [-0.25, -0.2) is 14.4 Å². The lowest BCUT2D eigenvalue weighted by atomic mass is 10.3. The first kappa shape index (κ1) is 17.1. The first-order valence-electron chi connectivity index (χ1n) is 8.00. The minimum absolute atomic E-state index is 0.0295. The third-order valence-electron chi connectivity index (χ3n) is 3.75. The van der Waals surface area contributed by atoms with E-state index in [9.17, 15) is 9.18 Å². The van der Waals surface area contributed by atoms with Gasteiger partial charge in [0.15, 0.2) is 17.7 Å². The van der Waals surface area contributed by atoms with E-state index in [-0.39, 0.29) is 5.75 Å². The van der Waals surface area contributed by atoms with Crippen molar-refractivity contribution in [2.75, 3.05) is 36.5 Å². The number of carbonyl (C=O) groups excluding carboxylic acids is 1. The van der Waals surface area contributed by atoms with Crippen molar-refractivity contribution >= 4 is 17.5 Å². The average Bonchev–Trinajstić information content (AvgIpc) is 2.64. The van der Waals surface area contributed by atoms with E-state index < -0.39 is 17.8 Å². The molecule has 1 saturated heterocycles. The standard InChI is InChI=1S/C17H19FN4O3/c1-12(25-14-5-3-2-4-13(14)18)17(23)21-15-10-16(20-11-19-15)22-6-8-24-9-7-22/h2-5,10-12H,6-9H2,1H3,(H,19,20,21,23). The lowest BCUT2D eigenvalue weighted by Crippen LogP contribution is -2.37. The molecule has 0 radical (unpaired) electrons. The predicted octanol–water partition coefficient (Wildman–Crippen LogP) is 1.86. The summed E-state index contributed by atoms with van der Waals surface area (Å²) in [5.74, 6) is 0.178. The van der Waals surface area contributed by atoms with Crippen LogP contribution in [0.2, 0.25) is 0 Å². The Bertz CT molecular complexity index is 737. The fourth-order valence-corrected chi connectivity index (χ4v) is 2.39. The number of anilines is 2. The highest BCUT2D eigenvalue weighted by molar-refractivity contribution is 5.93. The fourth-order valence-electron chi connectivity index (χ4n) is 2.39. The van der Waals surface area contributed by atoms with Gasteiger partial charge in [-0.15, -0.1) is 0 Å². The summed E-state index contributed by atoms with van der Waals surface area (Å²) < 4.78 is 24.3. The minimum Gasteiger partial charge on any atom is -0.478 e. The van der Waals surface area contributed by atoms with Crippen LogP contribution in [0.5, 0.6) is 5.75 Å². The van der Waals surface area contributed by atoms with Crippen LogP contribution in [0.3, 0.4) is 0 Å². The van der Waals surface area contributed by atoms with Gasteiger partial charge in [0.25, 0.3) is 5.91 Å². The Hall–Kier alpha value is -2.74. The Kier molecular flexibility index (Phi) is 5.39. The Balaban J connectivity index is 1.63. The second-order valence-electron chi connectivity index (χ2n) is 5.54. The van der Waals surface area contributed by atoms with Gasteiger partial charge in [0.1, 0.15) is 18.0 Å². The van der Waals surface area contributed by atoms with E-state index in [0.717, 1.165) is 18.9 Å². The van der Waals surface area contributed by atoms with E-state index in [0.29, 0.717) is 19.0 Å². The SMILES string of the molecule is CC(Oc1ccccc1F)C(=O)Nc1cc(N2CCOCC2)ncn1. The number of amides is 1. The molecule has 2 heterocycles. The Morgan fingerprint density at radius 1 is 1.32 bits per heavy atom. The number of carbonyl (C=O) groups is 1. The molecule has 1 fully saturated rings. The van der Waals surface area contributed by atoms with Crippen molar-refractivity contribution in [2.45, 2.75) is 13.0 Å². The fraction of sp³-hybridized carbons (Fsp3) is 0.353. The van der Waals surface area contributed by atoms with Gasteiger partial charge < -0.3 is 19.7 Å². The molecule has 2 aromatic rings. The lowest BCUT2D eigenvalue weighted by molar-refractivity contribution is -0.122. The molecule has 1 aliphatic rings. The monoisotopic (exact) mass is 346 g/mol. The number of morpholine rings is 1. The molecular weight excluding hydrogens is 327 g/mol. The first-order chi connectivity index (χ1) is 12.1. The van der Waals surface area contributed by atoms with Gasteiger partial charge >= 0.3 is 0 Å². The van der Waals surface area contributed by atoms with E-state index in [1.54, 1.807) is 25.1 Å². The summed E-state index contributed by atoms with van der Waals surface area (Å²) >= 11 is 0. The summed E-state index contributed by atoms with van der Waals surface area (Å²) in [7, 11) is 0. The van der Waals surface area contributed by atoms with Crippen molar-refractivity contribution in [3.05, 3.63) is 42.5 Å². The van der Waals surface area contributed by atoms with Crippen molar-refractivity contribution in [1.82, 2.24) is 9.97 Å². The minimum atomic E-state index is -0.876. The lowest BCUT2D eigenvalue weighted by Gasteiger charge is -2.27. The molecule has 132 valence electrons. The van der Waals surface area contributed by atoms with Gasteiger partial charge in [0.2, 0.25) is 0 Å². The molecular formula is C17H19FN4O3. The summed E-state index contributed by atoms with van der Waals surface area (Å²) in [5.41, 5.74) is 0. The quantitative estimate of drug-likeness (QED) is 0.890. The number of hydrogen-bond donors (Lipinski definition) is 1. The van der Waals surface area contributed by atoms with E-state index >= 15 is 0 Å². The van der Waals surface area contributed by atoms with Crippen LogP contribution in [0.1, 0.15) is 6.92 Å². The van der Waals surface area contributed by atoms with E-state index in [1.807, 2.05) is 0 Å². The second kappa shape index (κ2) is 7.89. The Morgan fingerprint density at radius 3 is 2.84 bits per heavy atom. The van der Waals surface area contributed by atoms with Crippen molar-refractivity contribution in [1.29, 1.82) is 0 Å². The van der Waals surface area contributed by atoms with Crippen LogP contribution in [0, 0.1) is 5.82 Å². The molecule has 3 rings (SSSR count). The number of nitrogens with one attached hydrogen (secondary N) is 1. The van der Waals surface area contributed by atoms with Gasteiger partial charge in [-0.2, -0.15) is 0 Å². The molecule has 1 unspecified atom stereocenters. The Morgan fingerprint density at radius 2 is 2.08 bits per heavy atom. The van der Waals surface area contributed by atoms with Gasteiger partial charge in [-0.05, 0) is 19.1 Å². The average molecular weight is 346 g/mol. The van der Waals surface area contributed by atoms with E-state index in [1.165, 1.54) is 18.5 Å². The summed E-state index contributed by atoms with van der Waals surface area (Å²) in [6, 6.07) is 7.64. The second-order valence-corrected chi connectivity index (χ2v) is 5.54. The van der Waals surface area contributed by atoms with Crippen molar-refractivity contribution in [2.24, 2.45) is 0 Å². The molecule has 1 amide bonds. The topological polar surface area (TPSA) is 76.6 Å². The molecule has 7 nitrogen and oxygen atoms in total. The molecule has 0 saturated carbocycles. The molecule has 1 aliphatic heterocycles. The molecule has 0 aliphatic carbocycles. The van der Waals surface area contributed by atoms with Gasteiger partial charge in [-0.3, -0.25) is 4.79 Å². The van der Waals surface area contributed by atoms with Crippen LogP contribution < -0.4 is 15.0 Å². The molecule has 0 bridgehead atoms. The third kappa shape index (κ3) is 4.42. The summed E-state index contributed by atoms with van der Waals surface area (Å²) in [4.78, 5) is 22.6. The van der Waals surface area contributed by atoms with Gasteiger partial charge in [0.05, 0.1) is 13.2 Å². The maximum Gasteiger partial charge on any atom is 0.266 e. The summed E-state index contributed by atoms with van der Waals surface area (Å²) in [6.07, 6.45) is 0.515. The highest BCUT2D eigenvalue weighted by Crippen LogP contribution is 2.18. The van der Waals surface area contributed by atoms with Gasteiger partial charge in [0, 0.05) is 19.2 Å². The normalized spacial score (nSPS) is 15.5. The van der Waals surface area contributed by atoms with Crippen molar-refractivity contribution in [3.8, 4) is 5.75 Å². The number of hydrogen-bond acceptors (Lipinski definition) is 6. The third-order valence-corrected chi connectivity index (χ3v) is 3.75. The number of rotatable bonds is 5. The molecule has 1 atom stereocenters. The molecule has 1 aromatic carbocycles. The maximum atomic E-state index is 13.6. The van der Waals surface area contributed by atoms with Crippen LogP contribution in [-0.4, -0.2) is 48.3 Å². The summed E-state index contributed by atoms with van der Waals surface area (Å²) in [6.45, 7) is 4.29. The first-order valence-corrected chi connectivity index (χ1v) is 8.00. The zero-order chi connectivity index (χ0) is 17.6. The number of halogens is 1. The number of benzene rings is 1. The largest absolute Gasteiger partial charge is 0.478 e. The number of nitrogens with zero attached hydrogens (tertiary/aromatic N) is 3. The van der Waals surface area contributed by atoms with Gasteiger partial charge in [-0.1, -0.05) is 12.1 Å². The van der Waals surface area contributed by atoms with Crippen molar-refractivity contribution in [3.63, 3.8) is 0 Å². The highest BCUT2D eigenvalue weighted by atomic mass is 19.1. The van der Waals surface area contributed by atoms with Crippen LogP contribution in [-0.2, 0) is 9.53 Å². The molecule has 0 spiro atoms. The number of para-hydroxylation sites is 1. The zero-order valence-electron chi connectivity index (χ0n) is 13.8. The maximum absolute atomic E-state index is 13.6. The molecule has 8 heteroatoms. The highest BCUT2D eigenvalue weighted by Gasteiger charge is 2.18. The molecule has 1 aromatic heterocycles. The smallest absolute Gasteiger partial charge is 0.266 e. The van der Waals surface area contributed by atoms with E-state index in [4.69, 9.17) is 9.47 Å². The Labute approximate surface area is 144 Å². The van der Waals surface area contributed by atoms with Crippen LogP contribution in [0.4, 0.5) is 16.0 Å². The van der Waals surface area contributed by atoms with Crippen LogP contribution >= 0.6 is 0 Å². The molecule has 1 N–H and O–H groups in total.